The van der Waals surface area contributed by atoms with Gasteiger partial charge in [0.2, 0.25) is 0 Å². The maximum Gasteiger partial charge on any atom is 0.157 e. The maximum absolute atomic E-state index is 6.17. The molecule has 0 spiro atoms. The van der Waals surface area contributed by atoms with Gasteiger partial charge in [-0.05, 0) is 12.1 Å². The van der Waals surface area contributed by atoms with Gasteiger partial charge in [0.1, 0.15) is 28.6 Å². The van der Waals surface area contributed by atoms with Crippen LogP contribution >= 0.6 is 58.0 Å². The van der Waals surface area contributed by atoms with Gasteiger partial charge in [0.15, 0.2) is 5.75 Å². The van der Waals surface area contributed by atoms with Crippen molar-refractivity contribution in [2.24, 2.45) is 0 Å². The number of benzene rings is 1. The number of ether oxygens (including phenoxy) is 2. The van der Waals surface area contributed by atoms with Gasteiger partial charge in [-0.25, -0.2) is 4.98 Å². The second kappa shape index (κ2) is 8.86. The molecule has 1 aromatic carbocycles. The molecule has 0 aliphatic heterocycles. The van der Waals surface area contributed by atoms with Crippen LogP contribution in [0.1, 0.15) is 5.56 Å². The fraction of sp³-hybridized carbons (Fsp3) is 0.133. The van der Waals surface area contributed by atoms with E-state index in [1.54, 1.807) is 30.5 Å². The highest BCUT2D eigenvalue weighted by Gasteiger charge is 2.11. The standard InChI is InChI=1S/C15H10Cl5NO2/c16-11-5-10(22-4-3-13(18)19)6-12(17)15(11)23-8-9-1-2-14(20)21-7-9/h1-3,5-7H,4,8H2. The van der Waals surface area contributed by atoms with E-state index >= 15 is 0 Å². The van der Waals surface area contributed by atoms with Crippen LogP contribution in [-0.2, 0) is 6.61 Å². The lowest BCUT2D eigenvalue weighted by atomic mass is 10.3. The molecule has 2 aromatic rings. The summed E-state index contributed by atoms with van der Waals surface area (Å²) in [6.45, 7) is 0.458. The Morgan fingerprint density at radius 2 is 1.74 bits per heavy atom. The third-order valence-electron chi connectivity index (χ3n) is 2.63. The SMILES string of the molecule is ClC(Cl)=CCOc1cc(Cl)c(OCc2ccc(Cl)nc2)c(Cl)c1. The molecule has 1 heterocycles. The Kier molecular flexibility index (Phi) is 7.12. The van der Waals surface area contributed by atoms with Gasteiger partial charge in [0.25, 0.3) is 0 Å². The first kappa shape index (κ1) is 18.5. The minimum absolute atomic E-state index is 0.124. The molecule has 8 heteroatoms. The van der Waals surface area contributed by atoms with E-state index in [-0.39, 0.29) is 17.7 Å². The normalized spacial score (nSPS) is 10.3. The van der Waals surface area contributed by atoms with E-state index in [0.29, 0.717) is 26.7 Å². The van der Waals surface area contributed by atoms with E-state index < -0.39 is 0 Å². The molecule has 0 fully saturated rings. The molecule has 23 heavy (non-hydrogen) atoms. The molecule has 0 aliphatic rings. The minimum atomic E-state index is 0.124. The van der Waals surface area contributed by atoms with E-state index in [1.807, 2.05) is 0 Å². The van der Waals surface area contributed by atoms with Crippen molar-refractivity contribution in [3.05, 3.63) is 61.8 Å². The highest BCUT2D eigenvalue weighted by molar-refractivity contribution is 6.55. The molecule has 3 nitrogen and oxygen atoms in total. The molecule has 0 unspecified atom stereocenters. The fourth-order valence-corrected chi connectivity index (χ4v) is 2.42. The van der Waals surface area contributed by atoms with Crippen LogP contribution in [0, 0.1) is 0 Å². The number of pyridine rings is 1. The first-order valence-corrected chi connectivity index (χ1v) is 8.21. The number of rotatable bonds is 6. The topological polar surface area (TPSA) is 31.4 Å². The average molecular weight is 414 g/mol. The predicted octanol–water partition coefficient (Wildman–Crippen LogP) is 6.32. The van der Waals surface area contributed by atoms with E-state index in [9.17, 15) is 0 Å². The molecule has 0 saturated heterocycles. The first-order chi connectivity index (χ1) is 11.0. The molecule has 0 saturated carbocycles. The zero-order chi connectivity index (χ0) is 16.8. The van der Waals surface area contributed by atoms with Crippen LogP contribution in [0.5, 0.6) is 11.5 Å². The van der Waals surface area contributed by atoms with Gasteiger partial charge in [-0.2, -0.15) is 0 Å². The van der Waals surface area contributed by atoms with E-state index in [1.165, 1.54) is 6.08 Å². The molecule has 1 aromatic heterocycles. The second-order valence-corrected chi connectivity index (χ2v) is 6.51. The van der Waals surface area contributed by atoms with Gasteiger partial charge in [-0.3, -0.25) is 0 Å². The summed E-state index contributed by atoms with van der Waals surface area (Å²) < 4.78 is 11.2. The second-order valence-electron chi connectivity index (χ2n) is 4.30. The monoisotopic (exact) mass is 411 g/mol. The highest BCUT2D eigenvalue weighted by atomic mass is 35.5. The van der Waals surface area contributed by atoms with Crippen LogP contribution in [0.2, 0.25) is 15.2 Å². The van der Waals surface area contributed by atoms with E-state index in [0.717, 1.165) is 5.56 Å². The van der Waals surface area contributed by atoms with Gasteiger partial charge < -0.3 is 9.47 Å². The van der Waals surface area contributed by atoms with Crippen molar-refractivity contribution >= 4 is 58.0 Å². The number of halogens is 5. The number of nitrogens with zero attached hydrogens (tertiary/aromatic N) is 1. The van der Waals surface area contributed by atoms with Crippen molar-refractivity contribution in [3.63, 3.8) is 0 Å². The zero-order valence-corrected chi connectivity index (χ0v) is 15.3. The van der Waals surface area contributed by atoms with Crippen molar-refractivity contribution in [2.45, 2.75) is 6.61 Å². The lowest BCUT2D eigenvalue weighted by molar-refractivity contribution is 0.305. The Morgan fingerprint density at radius 1 is 1.04 bits per heavy atom. The summed E-state index contributed by atoms with van der Waals surface area (Å²) in [7, 11) is 0. The molecule has 122 valence electrons. The Bertz CT molecular complexity index is 677. The molecular formula is C15H10Cl5NO2. The summed E-state index contributed by atoms with van der Waals surface area (Å²) in [4.78, 5) is 3.97. The van der Waals surface area contributed by atoms with Crippen molar-refractivity contribution in [1.29, 1.82) is 0 Å². The molecule has 0 radical (unpaired) electrons. The smallest absolute Gasteiger partial charge is 0.157 e. The van der Waals surface area contributed by atoms with Gasteiger partial charge in [0, 0.05) is 23.9 Å². The molecule has 2 rings (SSSR count). The van der Waals surface area contributed by atoms with Gasteiger partial charge in [-0.15, -0.1) is 0 Å². The minimum Gasteiger partial charge on any atom is -0.489 e. The van der Waals surface area contributed by atoms with Crippen LogP contribution in [-0.4, -0.2) is 11.6 Å². The third-order valence-corrected chi connectivity index (χ3v) is 3.72. The fourth-order valence-electron chi connectivity index (χ4n) is 1.61. The quantitative estimate of drug-likeness (QED) is 0.520. The molecule has 0 aliphatic carbocycles. The van der Waals surface area contributed by atoms with E-state index in [4.69, 9.17) is 67.5 Å². The van der Waals surface area contributed by atoms with Gasteiger partial charge in [-0.1, -0.05) is 64.1 Å². The first-order valence-electron chi connectivity index (χ1n) is 6.32. The summed E-state index contributed by atoms with van der Waals surface area (Å²) in [5, 5.41) is 1.07. The van der Waals surface area contributed by atoms with Crippen molar-refractivity contribution < 1.29 is 9.47 Å². The molecular weight excluding hydrogens is 403 g/mol. The number of aromatic nitrogens is 1. The largest absolute Gasteiger partial charge is 0.489 e. The molecule has 0 atom stereocenters. The molecule has 0 N–H and O–H groups in total. The molecule has 0 bridgehead atoms. The summed E-state index contributed by atoms with van der Waals surface area (Å²) in [6, 6.07) is 6.67. The average Bonchev–Trinajstić information content (AvgIpc) is 2.48. The lowest BCUT2D eigenvalue weighted by Crippen LogP contribution is -1.99. The van der Waals surface area contributed by atoms with Crippen LogP contribution in [0.3, 0.4) is 0 Å². The van der Waals surface area contributed by atoms with Crippen molar-refractivity contribution in [2.75, 3.05) is 6.61 Å². The Labute approximate surface area is 158 Å². The molecule has 0 amide bonds. The van der Waals surface area contributed by atoms with Crippen LogP contribution in [0.25, 0.3) is 0 Å². The van der Waals surface area contributed by atoms with Crippen molar-refractivity contribution in [3.8, 4) is 11.5 Å². The number of hydrogen-bond acceptors (Lipinski definition) is 3. The predicted molar refractivity (Wildman–Crippen MR) is 95.3 cm³/mol. The van der Waals surface area contributed by atoms with E-state index in [2.05, 4.69) is 4.98 Å². The van der Waals surface area contributed by atoms with Gasteiger partial charge >= 0.3 is 0 Å². The highest BCUT2D eigenvalue weighted by Crippen LogP contribution is 2.37. The summed E-state index contributed by atoms with van der Waals surface area (Å²) in [5.41, 5.74) is 0.837. The summed E-state index contributed by atoms with van der Waals surface area (Å²) in [6.07, 6.45) is 3.12. The van der Waals surface area contributed by atoms with Crippen LogP contribution in [0.4, 0.5) is 0 Å². The third kappa shape index (κ3) is 5.94. The van der Waals surface area contributed by atoms with Gasteiger partial charge in [0.05, 0.1) is 10.0 Å². The Hall–Kier alpha value is -0.840. The number of hydrogen-bond donors (Lipinski definition) is 0. The lowest BCUT2D eigenvalue weighted by Gasteiger charge is -2.12. The van der Waals surface area contributed by atoms with Crippen LogP contribution in [0.15, 0.2) is 41.0 Å². The van der Waals surface area contributed by atoms with Crippen molar-refractivity contribution in [1.82, 2.24) is 4.98 Å². The Morgan fingerprint density at radius 3 is 2.30 bits per heavy atom. The summed E-state index contributed by atoms with van der Waals surface area (Å²) in [5.74, 6) is 0.841. The Balaban J connectivity index is 2.04. The maximum atomic E-state index is 6.17. The summed E-state index contributed by atoms with van der Waals surface area (Å²) >= 11 is 29.1. The van der Waals surface area contributed by atoms with Crippen LogP contribution < -0.4 is 9.47 Å². The zero-order valence-electron chi connectivity index (χ0n) is 11.5.